The number of benzene rings is 1. The van der Waals surface area contributed by atoms with Crippen molar-refractivity contribution >= 4 is 0 Å². The summed E-state index contributed by atoms with van der Waals surface area (Å²) < 4.78 is 13.6. The van der Waals surface area contributed by atoms with E-state index in [2.05, 4.69) is 6.92 Å². The molecule has 1 saturated carbocycles. The third kappa shape index (κ3) is 1.68. The van der Waals surface area contributed by atoms with Crippen LogP contribution in [0.4, 0.5) is 4.39 Å². The fourth-order valence-corrected chi connectivity index (χ4v) is 2.21. The molecule has 1 fully saturated rings. The second-order valence-electron chi connectivity index (χ2n) is 4.36. The molecule has 1 heteroatoms. The molecule has 1 aromatic rings. The van der Waals surface area contributed by atoms with E-state index in [1.54, 1.807) is 12.1 Å². The lowest BCUT2D eigenvalue weighted by Gasteiger charge is -2.15. The van der Waals surface area contributed by atoms with Gasteiger partial charge in [-0.05, 0) is 36.3 Å². The summed E-state index contributed by atoms with van der Waals surface area (Å²) in [5.74, 6) is -0.0129. The molecule has 14 heavy (non-hydrogen) atoms. The van der Waals surface area contributed by atoms with Gasteiger partial charge < -0.3 is 0 Å². The SMILES string of the molecule is CCCCC1(c2ccccc2F)CC1. The van der Waals surface area contributed by atoms with Crippen LogP contribution in [0.5, 0.6) is 0 Å². The first kappa shape index (κ1) is 9.70. The Hall–Kier alpha value is -0.850. The maximum absolute atomic E-state index is 13.6. The molecule has 0 spiro atoms. The summed E-state index contributed by atoms with van der Waals surface area (Å²) in [4.78, 5) is 0. The Morgan fingerprint density at radius 3 is 2.57 bits per heavy atom. The molecule has 0 N–H and O–H groups in total. The number of hydrogen-bond acceptors (Lipinski definition) is 0. The number of halogens is 1. The number of unbranched alkanes of at least 4 members (excludes halogenated alkanes) is 1. The highest BCUT2D eigenvalue weighted by molar-refractivity contribution is 5.32. The van der Waals surface area contributed by atoms with Crippen molar-refractivity contribution in [3.63, 3.8) is 0 Å². The Morgan fingerprint density at radius 2 is 2.00 bits per heavy atom. The molecule has 1 aliphatic rings. The molecule has 2 rings (SSSR count). The van der Waals surface area contributed by atoms with Crippen LogP contribution in [0.3, 0.4) is 0 Å². The second kappa shape index (κ2) is 3.72. The molecule has 0 nitrogen and oxygen atoms in total. The molecule has 0 aliphatic heterocycles. The Balaban J connectivity index is 2.18. The smallest absolute Gasteiger partial charge is 0.126 e. The molecule has 0 saturated heterocycles. The predicted octanol–water partition coefficient (Wildman–Crippen LogP) is 4.05. The maximum atomic E-state index is 13.6. The monoisotopic (exact) mass is 192 g/mol. The first-order valence-electron chi connectivity index (χ1n) is 5.53. The van der Waals surface area contributed by atoms with E-state index in [4.69, 9.17) is 0 Å². The van der Waals surface area contributed by atoms with Crippen LogP contribution < -0.4 is 0 Å². The minimum atomic E-state index is -0.0129. The Kier molecular flexibility index (Phi) is 2.58. The number of rotatable bonds is 4. The second-order valence-corrected chi connectivity index (χ2v) is 4.36. The first-order valence-corrected chi connectivity index (χ1v) is 5.53. The van der Waals surface area contributed by atoms with Crippen molar-refractivity contribution < 1.29 is 4.39 Å². The molecule has 0 aromatic heterocycles. The highest BCUT2D eigenvalue weighted by Crippen LogP contribution is 2.52. The molecule has 0 amide bonds. The predicted molar refractivity (Wildman–Crippen MR) is 56.8 cm³/mol. The molecule has 0 heterocycles. The minimum Gasteiger partial charge on any atom is -0.207 e. The summed E-state index contributed by atoms with van der Waals surface area (Å²) >= 11 is 0. The van der Waals surface area contributed by atoms with Crippen molar-refractivity contribution in [2.45, 2.75) is 44.4 Å². The summed E-state index contributed by atoms with van der Waals surface area (Å²) in [6.45, 7) is 2.19. The Morgan fingerprint density at radius 1 is 1.29 bits per heavy atom. The third-order valence-corrected chi connectivity index (χ3v) is 3.31. The highest BCUT2D eigenvalue weighted by Gasteiger charge is 2.44. The molecule has 0 unspecified atom stereocenters. The van der Waals surface area contributed by atoms with Gasteiger partial charge in [-0.2, -0.15) is 0 Å². The molecular formula is C13H17F. The van der Waals surface area contributed by atoms with E-state index in [0.717, 1.165) is 12.0 Å². The molecule has 76 valence electrons. The van der Waals surface area contributed by atoms with Crippen LogP contribution in [0.2, 0.25) is 0 Å². The van der Waals surface area contributed by atoms with Crippen LogP contribution in [0.1, 0.15) is 44.6 Å². The topological polar surface area (TPSA) is 0 Å². The summed E-state index contributed by atoms with van der Waals surface area (Å²) in [5, 5.41) is 0. The summed E-state index contributed by atoms with van der Waals surface area (Å²) in [5.41, 5.74) is 1.16. The van der Waals surface area contributed by atoms with Crippen molar-refractivity contribution in [2.24, 2.45) is 0 Å². The van der Waals surface area contributed by atoms with Crippen molar-refractivity contribution in [2.75, 3.05) is 0 Å². The van der Waals surface area contributed by atoms with Gasteiger partial charge in [0.1, 0.15) is 5.82 Å². The van der Waals surface area contributed by atoms with Crippen molar-refractivity contribution in [3.8, 4) is 0 Å². The van der Waals surface area contributed by atoms with E-state index in [-0.39, 0.29) is 11.2 Å². The van der Waals surface area contributed by atoms with Gasteiger partial charge in [0, 0.05) is 0 Å². The fraction of sp³-hybridized carbons (Fsp3) is 0.538. The number of hydrogen-bond donors (Lipinski definition) is 0. The normalized spacial score (nSPS) is 18.1. The van der Waals surface area contributed by atoms with Crippen LogP contribution in [-0.4, -0.2) is 0 Å². The first-order chi connectivity index (χ1) is 6.78. The average molecular weight is 192 g/mol. The Labute approximate surface area is 85.1 Å². The lowest BCUT2D eigenvalue weighted by molar-refractivity contribution is 0.527. The lowest BCUT2D eigenvalue weighted by atomic mass is 9.90. The Bertz CT molecular complexity index is 313. The summed E-state index contributed by atoms with van der Waals surface area (Å²) in [6.07, 6.45) is 5.93. The maximum Gasteiger partial charge on any atom is 0.126 e. The molecule has 0 radical (unpaired) electrons. The third-order valence-electron chi connectivity index (χ3n) is 3.31. The van der Waals surface area contributed by atoms with Crippen LogP contribution in [0, 0.1) is 5.82 Å². The van der Waals surface area contributed by atoms with Gasteiger partial charge in [-0.1, -0.05) is 38.0 Å². The van der Waals surface area contributed by atoms with E-state index < -0.39 is 0 Å². The zero-order valence-electron chi connectivity index (χ0n) is 8.72. The quantitative estimate of drug-likeness (QED) is 0.675. The van der Waals surface area contributed by atoms with E-state index in [0.29, 0.717) is 0 Å². The molecule has 0 bridgehead atoms. The van der Waals surface area contributed by atoms with Gasteiger partial charge in [0.2, 0.25) is 0 Å². The van der Waals surface area contributed by atoms with Crippen molar-refractivity contribution in [3.05, 3.63) is 35.6 Å². The van der Waals surface area contributed by atoms with Crippen molar-refractivity contribution in [1.29, 1.82) is 0 Å². The van der Waals surface area contributed by atoms with Crippen LogP contribution >= 0.6 is 0 Å². The molecule has 1 aromatic carbocycles. The molecule has 1 aliphatic carbocycles. The van der Waals surface area contributed by atoms with Gasteiger partial charge >= 0.3 is 0 Å². The van der Waals surface area contributed by atoms with Gasteiger partial charge in [0.25, 0.3) is 0 Å². The minimum absolute atomic E-state index is 0.0129. The van der Waals surface area contributed by atoms with Gasteiger partial charge in [0.05, 0.1) is 0 Å². The standard InChI is InChI=1S/C13H17F/c1-2-3-8-13(9-10-13)11-6-4-5-7-12(11)14/h4-7H,2-3,8-10H2,1H3. The van der Waals surface area contributed by atoms with Gasteiger partial charge in [-0.15, -0.1) is 0 Å². The van der Waals surface area contributed by atoms with Crippen LogP contribution in [0.25, 0.3) is 0 Å². The van der Waals surface area contributed by atoms with Gasteiger partial charge in [-0.3, -0.25) is 0 Å². The van der Waals surface area contributed by atoms with Crippen LogP contribution in [0.15, 0.2) is 24.3 Å². The molecular weight excluding hydrogens is 175 g/mol. The van der Waals surface area contributed by atoms with E-state index in [1.165, 1.54) is 25.7 Å². The summed E-state index contributed by atoms with van der Waals surface area (Å²) in [6, 6.07) is 7.26. The van der Waals surface area contributed by atoms with Gasteiger partial charge in [-0.25, -0.2) is 4.39 Å². The fourth-order valence-electron chi connectivity index (χ4n) is 2.21. The zero-order valence-corrected chi connectivity index (χ0v) is 8.72. The average Bonchev–Trinajstić information content (AvgIpc) is 2.97. The van der Waals surface area contributed by atoms with E-state index >= 15 is 0 Å². The van der Waals surface area contributed by atoms with Crippen molar-refractivity contribution in [1.82, 2.24) is 0 Å². The largest absolute Gasteiger partial charge is 0.207 e. The lowest BCUT2D eigenvalue weighted by Crippen LogP contribution is -2.08. The summed E-state index contributed by atoms with van der Waals surface area (Å²) in [7, 11) is 0. The van der Waals surface area contributed by atoms with E-state index in [9.17, 15) is 4.39 Å². The van der Waals surface area contributed by atoms with Gasteiger partial charge in [0.15, 0.2) is 0 Å². The molecule has 0 atom stereocenters. The zero-order chi connectivity index (χ0) is 10.0. The van der Waals surface area contributed by atoms with E-state index in [1.807, 2.05) is 12.1 Å². The van der Waals surface area contributed by atoms with Crippen LogP contribution in [-0.2, 0) is 5.41 Å². The highest BCUT2D eigenvalue weighted by atomic mass is 19.1.